The molecule has 1 unspecified atom stereocenters. The van der Waals surface area contributed by atoms with Gasteiger partial charge in [-0.1, -0.05) is 0 Å². The summed E-state index contributed by atoms with van der Waals surface area (Å²) in [5, 5.41) is 3.55. The average molecular weight is 259 g/mol. The van der Waals surface area contributed by atoms with Gasteiger partial charge in [0.25, 0.3) is 0 Å². The molecule has 2 aromatic rings. The molecule has 0 amide bonds. The van der Waals surface area contributed by atoms with E-state index in [4.69, 9.17) is 4.42 Å². The maximum absolute atomic E-state index is 11.1. The van der Waals surface area contributed by atoms with Gasteiger partial charge in [-0.15, -0.1) is 0 Å². The highest BCUT2D eigenvalue weighted by molar-refractivity contribution is 5.76. The van der Waals surface area contributed by atoms with E-state index in [9.17, 15) is 4.79 Å². The molecule has 2 fully saturated rings. The smallest absolute Gasteiger partial charge is 0.408 e. The van der Waals surface area contributed by atoms with E-state index < -0.39 is 5.76 Å². The molecule has 0 spiro atoms. The molecule has 1 aliphatic carbocycles. The SMILES string of the molecule is O=c1[nH]c2cc(NC3CCN(C4CC4)C3)ccc2o1. The number of nitrogens with zero attached hydrogens (tertiary/aromatic N) is 1. The molecular weight excluding hydrogens is 242 g/mol. The van der Waals surface area contributed by atoms with E-state index in [1.54, 1.807) is 0 Å². The lowest BCUT2D eigenvalue weighted by Crippen LogP contribution is -2.27. The van der Waals surface area contributed by atoms with E-state index in [0.717, 1.165) is 23.8 Å². The maximum Gasteiger partial charge on any atom is 0.417 e. The van der Waals surface area contributed by atoms with Gasteiger partial charge in [-0.2, -0.15) is 0 Å². The van der Waals surface area contributed by atoms with Crippen molar-refractivity contribution >= 4 is 16.8 Å². The van der Waals surface area contributed by atoms with Crippen LogP contribution < -0.4 is 11.1 Å². The number of fused-ring (bicyclic) bond motifs is 1. The van der Waals surface area contributed by atoms with Gasteiger partial charge < -0.3 is 9.73 Å². The van der Waals surface area contributed by atoms with Crippen molar-refractivity contribution in [2.75, 3.05) is 18.4 Å². The fourth-order valence-electron chi connectivity index (χ4n) is 2.95. The van der Waals surface area contributed by atoms with Gasteiger partial charge in [-0.25, -0.2) is 4.79 Å². The topological polar surface area (TPSA) is 61.3 Å². The van der Waals surface area contributed by atoms with E-state index in [-0.39, 0.29) is 0 Å². The van der Waals surface area contributed by atoms with Crippen molar-refractivity contribution in [1.29, 1.82) is 0 Å². The van der Waals surface area contributed by atoms with Crippen LogP contribution in [0.1, 0.15) is 19.3 Å². The van der Waals surface area contributed by atoms with Crippen LogP contribution in [-0.4, -0.2) is 35.1 Å². The zero-order valence-corrected chi connectivity index (χ0v) is 10.7. The van der Waals surface area contributed by atoms with E-state index in [1.165, 1.54) is 25.8 Å². The molecule has 2 aliphatic rings. The molecule has 0 bridgehead atoms. The number of aromatic nitrogens is 1. The van der Waals surface area contributed by atoms with Gasteiger partial charge in [0, 0.05) is 30.9 Å². The van der Waals surface area contributed by atoms with Crippen LogP contribution in [0.4, 0.5) is 5.69 Å². The van der Waals surface area contributed by atoms with E-state index in [0.29, 0.717) is 11.6 Å². The van der Waals surface area contributed by atoms with Gasteiger partial charge in [0.15, 0.2) is 5.58 Å². The summed E-state index contributed by atoms with van der Waals surface area (Å²) in [6.45, 7) is 2.33. The Bertz CT molecular complexity index is 656. The molecule has 0 radical (unpaired) electrons. The van der Waals surface area contributed by atoms with Crippen molar-refractivity contribution < 1.29 is 4.42 Å². The van der Waals surface area contributed by atoms with Crippen LogP contribution in [0.3, 0.4) is 0 Å². The van der Waals surface area contributed by atoms with Gasteiger partial charge in [0.1, 0.15) is 0 Å². The third-order valence-electron chi connectivity index (χ3n) is 4.07. The Labute approximate surface area is 110 Å². The Kier molecular flexibility index (Phi) is 2.41. The number of oxazole rings is 1. The summed E-state index contributed by atoms with van der Waals surface area (Å²) in [6.07, 6.45) is 3.93. The number of likely N-dealkylation sites (tertiary alicyclic amines) is 1. The Morgan fingerprint density at radius 1 is 1.32 bits per heavy atom. The lowest BCUT2D eigenvalue weighted by molar-refractivity contribution is 0.326. The Balaban J connectivity index is 1.50. The minimum Gasteiger partial charge on any atom is -0.408 e. The normalized spacial score (nSPS) is 24.1. The monoisotopic (exact) mass is 259 g/mol. The van der Waals surface area contributed by atoms with Gasteiger partial charge in [-0.3, -0.25) is 9.88 Å². The summed E-state index contributed by atoms with van der Waals surface area (Å²) in [5.41, 5.74) is 2.42. The van der Waals surface area contributed by atoms with Crippen LogP contribution in [0.25, 0.3) is 11.1 Å². The van der Waals surface area contributed by atoms with Crippen LogP contribution >= 0.6 is 0 Å². The number of hydrogen-bond donors (Lipinski definition) is 2. The first-order valence-electron chi connectivity index (χ1n) is 6.91. The summed E-state index contributed by atoms with van der Waals surface area (Å²) in [7, 11) is 0. The molecule has 5 nitrogen and oxygen atoms in total. The largest absolute Gasteiger partial charge is 0.417 e. The molecular formula is C14H17N3O2. The number of rotatable bonds is 3. The molecule has 100 valence electrons. The molecule has 5 heteroatoms. The number of H-pyrrole nitrogens is 1. The third kappa shape index (κ3) is 2.14. The zero-order valence-electron chi connectivity index (χ0n) is 10.7. The standard InChI is InChI=1S/C14H17N3O2/c18-14-16-12-7-9(1-4-13(12)19-14)15-10-5-6-17(8-10)11-2-3-11/h1,4,7,10-11,15H,2-3,5-6,8H2,(H,16,18). The third-order valence-corrected chi connectivity index (χ3v) is 4.07. The van der Waals surface area contributed by atoms with Gasteiger partial charge in [0.2, 0.25) is 0 Å². The fourth-order valence-corrected chi connectivity index (χ4v) is 2.95. The maximum atomic E-state index is 11.1. The number of anilines is 1. The highest BCUT2D eigenvalue weighted by Gasteiger charge is 2.34. The molecule has 1 aromatic carbocycles. The molecule has 1 aromatic heterocycles. The van der Waals surface area contributed by atoms with Gasteiger partial charge >= 0.3 is 5.76 Å². The van der Waals surface area contributed by atoms with E-state index in [2.05, 4.69) is 15.2 Å². The summed E-state index contributed by atoms with van der Waals surface area (Å²) in [6, 6.07) is 7.11. The van der Waals surface area contributed by atoms with E-state index in [1.807, 2.05) is 18.2 Å². The van der Waals surface area contributed by atoms with Crippen molar-refractivity contribution in [1.82, 2.24) is 9.88 Å². The van der Waals surface area contributed by atoms with Crippen molar-refractivity contribution in [3.05, 3.63) is 28.7 Å². The van der Waals surface area contributed by atoms with E-state index >= 15 is 0 Å². The molecule has 19 heavy (non-hydrogen) atoms. The minimum atomic E-state index is -0.395. The number of hydrogen-bond acceptors (Lipinski definition) is 4. The highest BCUT2D eigenvalue weighted by atomic mass is 16.4. The zero-order chi connectivity index (χ0) is 12.8. The quantitative estimate of drug-likeness (QED) is 0.882. The minimum absolute atomic E-state index is 0.395. The van der Waals surface area contributed by atoms with Crippen LogP contribution in [0.2, 0.25) is 0 Å². The van der Waals surface area contributed by atoms with Crippen molar-refractivity contribution in [3.8, 4) is 0 Å². The van der Waals surface area contributed by atoms with Crippen LogP contribution in [0.5, 0.6) is 0 Å². The molecule has 1 atom stereocenters. The molecule has 2 N–H and O–H groups in total. The average Bonchev–Trinajstić information content (AvgIpc) is 3.02. The Morgan fingerprint density at radius 3 is 3.05 bits per heavy atom. The van der Waals surface area contributed by atoms with Crippen molar-refractivity contribution in [3.63, 3.8) is 0 Å². The Morgan fingerprint density at radius 2 is 2.21 bits per heavy atom. The van der Waals surface area contributed by atoms with Crippen molar-refractivity contribution in [2.45, 2.75) is 31.3 Å². The highest BCUT2D eigenvalue weighted by Crippen LogP contribution is 2.30. The second-order valence-corrected chi connectivity index (χ2v) is 5.58. The second kappa shape index (κ2) is 4.13. The number of nitrogens with one attached hydrogen (secondary N) is 2. The molecule has 4 rings (SSSR count). The molecule has 2 heterocycles. The first-order chi connectivity index (χ1) is 9.28. The molecule has 1 aliphatic heterocycles. The predicted octanol–water partition coefficient (Wildman–Crippen LogP) is 1.77. The summed E-state index contributed by atoms with van der Waals surface area (Å²) in [5.74, 6) is -0.395. The fraction of sp³-hybridized carbons (Fsp3) is 0.500. The van der Waals surface area contributed by atoms with Gasteiger partial charge in [0.05, 0.1) is 5.52 Å². The number of aromatic amines is 1. The first kappa shape index (κ1) is 11.1. The molecule has 1 saturated carbocycles. The first-order valence-corrected chi connectivity index (χ1v) is 6.91. The number of benzene rings is 1. The Hall–Kier alpha value is -1.75. The van der Waals surface area contributed by atoms with Gasteiger partial charge in [-0.05, 0) is 37.5 Å². The lowest BCUT2D eigenvalue weighted by atomic mass is 10.2. The van der Waals surface area contributed by atoms with Crippen LogP contribution in [0.15, 0.2) is 27.4 Å². The summed E-state index contributed by atoms with van der Waals surface area (Å²) in [4.78, 5) is 16.4. The van der Waals surface area contributed by atoms with Crippen molar-refractivity contribution in [2.24, 2.45) is 0 Å². The predicted molar refractivity (Wildman–Crippen MR) is 73.5 cm³/mol. The van der Waals surface area contributed by atoms with Crippen LogP contribution in [0, 0.1) is 0 Å². The summed E-state index contributed by atoms with van der Waals surface area (Å²) < 4.78 is 5.00. The second-order valence-electron chi connectivity index (χ2n) is 5.58. The summed E-state index contributed by atoms with van der Waals surface area (Å²) >= 11 is 0. The molecule has 1 saturated heterocycles. The lowest BCUT2D eigenvalue weighted by Gasteiger charge is -2.16. The van der Waals surface area contributed by atoms with Crippen LogP contribution in [-0.2, 0) is 0 Å².